The molecule has 0 bridgehead atoms. The maximum absolute atomic E-state index is 2.36. The first-order valence-corrected chi connectivity index (χ1v) is 8.97. The van der Waals surface area contributed by atoms with E-state index in [1.165, 1.54) is 56.9 Å². The van der Waals surface area contributed by atoms with Gasteiger partial charge in [0.15, 0.2) is 0 Å². The van der Waals surface area contributed by atoms with Crippen molar-refractivity contribution in [2.45, 2.75) is 71.1 Å². The van der Waals surface area contributed by atoms with Gasteiger partial charge >= 0.3 is 0 Å². The molecule has 0 N–H and O–H groups in total. The van der Waals surface area contributed by atoms with Crippen LogP contribution in [0.15, 0.2) is 35.9 Å². The van der Waals surface area contributed by atoms with E-state index in [1.807, 2.05) is 0 Å². The normalized spacial score (nSPS) is 30.2. The van der Waals surface area contributed by atoms with Crippen LogP contribution < -0.4 is 0 Å². The van der Waals surface area contributed by atoms with E-state index in [0.29, 0.717) is 0 Å². The Bertz CT molecular complexity index is 461. The number of benzene rings is 1. The summed E-state index contributed by atoms with van der Waals surface area (Å²) in [6, 6.07) is 9.28. The molecule has 0 unspecified atom stereocenters. The van der Waals surface area contributed by atoms with Crippen LogP contribution in [0.5, 0.6) is 0 Å². The standard InChI is InChI=1S/C21H30/c1-3-17-6-10-19(11-7-17)21-14-12-20(13-15-21)18-8-4-16(2)5-9-18/h3-5,8-9,19-21H,6-7,10-15H2,1-2H3. The summed E-state index contributed by atoms with van der Waals surface area (Å²) in [7, 11) is 0. The molecule has 0 amide bonds. The van der Waals surface area contributed by atoms with E-state index < -0.39 is 0 Å². The second-order valence-corrected chi connectivity index (χ2v) is 7.31. The first-order valence-electron chi connectivity index (χ1n) is 8.97. The average molecular weight is 282 g/mol. The molecule has 2 fully saturated rings. The maximum Gasteiger partial charge on any atom is -0.0162 e. The van der Waals surface area contributed by atoms with Crippen molar-refractivity contribution in [1.29, 1.82) is 0 Å². The van der Waals surface area contributed by atoms with Crippen LogP contribution in [0.4, 0.5) is 0 Å². The molecule has 0 saturated heterocycles. The van der Waals surface area contributed by atoms with Gasteiger partial charge in [-0.1, -0.05) is 41.5 Å². The lowest BCUT2D eigenvalue weighted by atomic mass is 9.69. The van der Waals surface area contributed by atoms with Crippen LogP contribution >= 0.6 is 0 Å². The molecule has 0 heterocycles. The van der Waals surface area contributed by atoms with E-state index in [0.717, 1.165) is 17.8 Å². The molecule has 0 heteroatoms. The summed E-state index contributed by atoms with van der Waals surface area (Å²) in [4.78, 5) is 0. The summed E-state index contributed by atoms with van der Waals surface area (Å²) >= 11 is 0. The number of allylic oxidation sites excluding steroid dienone is 2. The van der Waals surface area contributed by atoms with Crippen LogP contribution in [0.2, 0.25) is 0 Å². The van der Waals surface area contributed by atoms with E-state index in [1.54, 1.807) is 11.1 Å². The smallest absolute Gasteiger partial charge is 0.0162 e. The lowest BCUT2D eigenvalue weighted by molar-refractivity contribution is 0.200. The van der Waals surface area contributed by atoms with Gasteiger partial charge in [-0.3, -0.25) is 0 Å². The van der Waals surface area contributed by atoms with E-state index >= 15 is 0 Å². The summed E-state index contributed by atoms with van der Waals surface area (Å²) in [6.07, 6.45) is 13.8. The molecule has 2 aliphatic carbocycles. The third-order valence-corrected chi connectivity index (χ3v) is 6.07. The number of rotatable bonds is 2. The van der Waals surface area contributed by atoms with E-state index in [2.05, 4.69) is 44.2 Å². The molecule has 2 saturated carbocycles. The molecule has 0 spiro atoms. The van der Waals surface area contributed by atoms with E-state index in [9.17, 15) is 0 Å². The average Bonchev–Trinajstić information content (AvgIpc) is 2.56. The molecule has 0 atom stereocenters. The quantitative estimate of drug-likeness (QED) is 0.550. The molecule has 0 radical (unpaired) electrons. The Hall–Kier alpha value is -1.04. The van der Waals surface area contributed by atoms with Gasteiger partial charge in [-0.2, -0.15) is 0 Å². The minimum atomic E-state index is 0.830. The summed E-state index contributed by atoms with van der Waals surface area (Å²) in [5.74, 6) is 2.87. The fraction of sp³-hybridized carbons (Fsp3) is 0.619. The highest BCUT2D eigenvalue weighted by Crippen LogP contribution is 2.43. The molecule has 1 aromatic rings. The molecular formula is C21H30. The third kappa shape index (κ3) is 3.59. The summed E-state index contributed by atoms with van der Waals surface area (Å²) in [5, 5.41) is 0. The van der Waals surface area contributed by atoms with Crippen molar-refractivity contribution >= 4 is 0 Å². The number of aryl methyl sites for hydroxylation is 1. The number of hydrogen-bond acceptors (Lipinski definition) is 0. The molecule has 2 aliphatic rings. The van der Waals surface area contributed by atoms with Crippen molar-refractivity contribution in [3.8, 4) is 0 Å². The highest BCUT2D eigenvalue weighted by atomic mass is 14.3. The van der Waals surface area contributed by atoms with Gasteiger partial charge in [0.05, 0.1) is 0 Å². The molecule has 0 aliphatic heterocycles. The Kier molecular flexibility index (Phi) is 4.83. The van der Waals surface area contributed by atoms with Crippen LogP contribution in [-0.2, 0) is 0 Å². The number of hydrogen-bond donors (Lipinski definition) is 0. The van der Waals surface area contributed by atoms with Gasteiger partial charge in [-0.05, 0) is 88.5 Å². The monoisotopic (exact) mass is 282 g/mol. The lowest BCUT2D eigenvalue weighted by Crippen LogP contribution is -2.23. The Morgan fingerprint density at radius 2 is 1.38 bits per heavy atom. The van der Waals surface area contributed by atoms with Gasteiger partial charge in [0.1, 0.15) is 0 Å². The summed E-state index contributed by atoms with van der Waals surface area (Å²) in [5.41, 5.74) is 4.67. The van der Waals surface area contributed by atoms with Crippen LogP contribution in [0.1, 0.15) is 75.3 Å². The maximum atomic E-state index is 2.36. The fourth-order valence-corrected chi connectivity index (χ4v) is 4.53. The molecule has 3 rings (SSSR count). The van der Waals surface area contributed by atoms with Crippen molar-refractivity contribution in [3.05, 3.63) is 47.0 Å². The molecule has 1 aromatic carbocycles. The van der Waals surface area contributed by atoms with Gasteiger partial charge in [0, 0.05) is 0 Å². The molecule has 0 nitrogen and oxygen atoms in total. The Morgan fingerprint density at radius 1 is 0.810 bits per heavy atom. The van der Waals surface area contributed by atoms with Crippen LogP contribution in [0, 0.1) is 18.8 Å². The Balaban J connectivity index is 1.52. The topological polar surface area (TPSA) is 0 Å². The highest BCUT2D eigenvalue weighted by Gasteiger charge is 2.29. The van der Waals surface area contributed by atoms with Gasteiger partial charge in [-0.15, -0.1) is 0 Å². The molecular weight excluding hydrogens is 252 g/mol. The summed E-state index contributed by atoms with van der Waals surface area (Å²) in [6.45, 7) is 4.39. The second-order valence-electron chi connectivity index (χ2n) is 7.31. The van der Waals surface area contributed by atoms with E-state index in [-0.39, 0.29) is 0 Å². The SMILES string of the molecule is CC=C1CCC(C2CCC(c3ccc(C)cc3)CC2)CC1. The third-order valence-electron chi connectivity index (χ3n) is 6.07. The Labute approximate surface area is 130 Å². The first-order chi connectivity index (χ1) is 10.3. The minimum Gasteiger partial charge on any atom is -0.0885 e. The van der Waals surface area contributed by atoms with Gasteiger partial charge in [0.2, 0.25) is 0 Å². The summed E-state index contributed by atoms with van der Waals surface area (Å²) < 4.78 is 0. The van der Waals surface area contributed by atoms with Crippen molar-refractivity contribution < 1.29 is 0 Å². The zero-order valence-electron chi connectivity index (χ0n) is 13.8. The zero-order valence-corrected chi connectivity index (χ0v) is 13.8. The molecule has 21 heavy (non-hydrogen) atoms. The molecule has 0 aromatic heterocycles. The van der Waals surface area contributed by atoms with Crippen molar-refractivity contribution in [1.82, 2.24) is 0 Å². The largest absolute Gasteiger partial charge is 0.0885 e. The minimum absolute atomic E-state index is 0.830. The fourth-order valence-electron chi connectivity index (χ4n) is 4.53. The van der Waals surface area contributed by atoms with Crippen molar-refractivity contribution in [2.75, 3.05) is 0 Å². The van der Waals surface area contributed by atoms with Crippen LogP contribution in [0.25, 0.3) is 0 Å². The lowest BCUT2D eigenvalue weighted by Gasteiger charge is -2.36. The van der Waals surface area contributed by atoms with Crippen LogP contribution in [0.3, 0.4) is 0 Å². The van der Waals surface area contributed by atoms with Gasteiger partial charge < -0.3 is 0 Å². The molecule has 114 valence electrons. The van der Waals surface area contributed by atoms with Crippen LogP contribution in [-0.4, -0.2) is 0 Å². The van der Waals surface area contributed by atoms with Gasteiger partial charge in [0.25, 0.3) is 0 Å². The Morgan fingerprint density at radius 3 is 1.95 bits per heavy atom. The van der Waals surface area contributed by atoms with Crippen molar-refractivity contribution in [2.24, 2.45) is 11.8 Å². The van der Waals surface area contributed by atoms with Crippen molar-refractivity contribution in [3.63, 3.8) is 0 Å². The highest BCUT2D eigenvalue weighted by molar-refractivity contribution is 5.24. The predicted octanol–water partition coefficient (Wildman–Crippen LogP) is 6.41. The first kappa shape index (κ1) is 14.9. The predicted molar refractivity (Wildman–Crippen MR) is 91.6 cm³/mol. The van der Waals surface area contributed by atoms with E-state index in [4.69, 9.17) is 0 Å². The zero-order chi connectivity index (χ0) is 14.7. The second kappa shape index (κ2) is 6.81. The van der Waals surface area contributed by atoms with Gasteiger partial charge in [-0.25, -0.2) is 0 Å².